The summed E-state index contributed by atoms with van der Waals surface area (Å²) < 4.78 is 0. The molecule has 4 aromatic carbocycles. The highest BCUT2D eigenvalue weighted by Crippen LogP contribution is 2.77. The van der Waals surface area contributed by atoms with Crippen LogP contribution in [0.4, 0.5) is 22.7 Å². The molecule has 5 aliphatic carbocycles. The Kier molecular flexibility index (Phi) is 11.3. The molecule has 2 heterocycles. The van der Waals surface area contributed by atoms with E-state index in [1.165, 1.54) is 92.8 Å². The SMILES string of the molecule is CCC1=C(C2=C(S)N(c3ccc(C(C)(C)C)cc3)c3cc(C(C)(C)C)cc4c3B2C23C=C5C(=CC2C3N4c2ccc(C(C)(C)C)cc2-c2ccccc2)C(C)(C)CCC5(C)C)C=C2C(C1)C(C)(C)CCC2(C)C. The van der Waals surface area contributed by atoms with E-state index in [0.29, 0.717) is 11.8 Å². The van der Waals surface area contributed by atoms with Crippen molar-refractivity contribution in [3.8, 4) is 11.1 Å². The number of nitrogens with zero attached hydrogens (tertiary/aromatic N) is 2. The Hall–Kier alpha value is -4.41. The van der Waals surface area contributed by atoms with E-state index in [0.717, 1.165) is 17.9 Å². The number of thiol groups is 1. The summed E-state index contributed by atoms with van der Waals surface area (Å²) in [6.45, 7) is 44.2. The molecule has 7 aliphatic rings. The monoisotopic (exact) mass is 987 g/mol. The Morgan fingerprint density at radius 2 is 1.22 bits per heavy atom. The number of anilines is 4. The summed E-state index contributed by atoms with van der Waals surface area (Å²) in [5.74, 6) is 0.823. The molecule has 0 amide bonds. The van der Waals surface area contributed by atoms with Crippen molar-refractivity contribution in [3.63, 3.8) is 0 Å². The van der Waals surface area contributed by atoms with E-state index in [1.807, 2.05) is 0 Å². The van der Waals surface area contributed by atoms with Gasteiger partial charge in [0.2, 0.25) is 6.71 Å². The normalized spacial score (nSPS) is 26.5. The first-order valence-electron chi connectivity index (χ1n) is 28.3. The maximum atomic E-state index is 6.09. The Morgan fingerprint density at radius 1 is 0.630 bits per heavy atom. The second-order valence-electron chi connectivity index (χ2n) is 29.7. The van der Waals surface area contributed by atoms with Crippen molar-refractivity contribution >= 4 is 47.6 Å². The van der Waals surface area contributed by atoms with Crippen LogP contribution in [0.3, 0.4) is 0 Å². The molecule has 3 saturated carbocycles. The number of benzene rings is 4. The number of allylic oxidation sites excluding steroid dienone is 7. The van der Waals surface area contributed by atoms with Gasteiger partial charge in [-0.15, -0.1) is 12.6 Å². The molecule has 0 radical (unpaired) electrons. The van der Waals surface area contributed by atoms with Crippen molar-refractivity contribution in [2.24, 2.45) is 33.5 Å². The fourth-order valence-corrected chi connectivity index (χ4v) is 15.4. The van der Waals surface area contributed by atoms with E-state index in [4.69, 9.17) is 12.6 Å². The van der Waals surface area contributed by atoms with Crippen molar-refractivity contribution in [2.45, 2.75) is 191 Å². The molecule has 4 atom stereocenters. The molecule has 1 spiro atoms. The van der Waals surface area contributed by atoms with Crippen LogP contribution in [0, 0.1) is 33.5 Å². The van der Waals surface area contributed by atoms with Gasteiger partial charge in [-0.2, -0.15) is 0 Å². The second-order valence-corrected chi connectivity index (χ2v) is 30.1. The molecule has 4 aromatic rings. The fourth-order valence-electron chi connectivity index (χ4n) is 15.0. The molecule has 0 bridgehead atoms. The van der Waals surface area contributed by atoms with Gasteiger partial charge in [-0.25, -0.2) is 0 Å². The number of fused-ring (bicyclic) bond motifs is 3. The van der Waals surface area contributed by atoms with Crippen LogP contribution in [0.1, 0.15) is 180 Å². The first-order chi connectivity index (χ1) is 33.9. The van der Waals surface area contributed by atoms with Crippen molar-refractivity contribution in [1.29, 1.82) is 0 Å². The second kappa shape index (κ2) is 16.3. The van der Waals surface area contributed by atoms with Gasteiger partial charge in [0.15, 0.2) is 0 Å². The molecule has 0 N–H and O–H groups in total. The molecule has 73 heavy (non-hydrogen) atoms. The fraction of sp³-hybridized carbons (Fsp3) is 0.507. The maximum absolute atomic E-state index is 6.09. The maximum Gasteiger partial charge on any atom is 0.231 e. The zero-order valence-electron chi connectivity index (χ0n) is 48.2. The highest BCUT2D eigenvalue weighted by Gasteiger charge is 2.76. The quantitative estimate of drug-likeness (QED) is 0.157. The predicted octanol–water partition coefficient (Wildman–Crippen LogP) is 18.9. The van der Waals surface area contributed by atoms with Crippen molar-refractivity contribution in [1.82, 2.24) is 0 Å². The largest absolute Gasteiger partial charge is 0.337 e. The lowest BCUT2D eigenvalue weighted by molar-refractivity contribution is 0.120. The van der Waals surface area contributed by atoms with Gasteiger partial charge in [0, 0.05) is 45.6 Å². The van der Waals surface area contributed by atoms with Crippen LogP contribution in [-0.2, 0) is 16.2 Å². The third kappa shape index (κ3) is 7.76. The molecule has 2 nitrogen and oxygen atoms in total. The average Bonchev–Trinajstić information content (AvgIpc) is 3.99. The van der Waals surface area contributed by atoms with Gasteiger partial charge in [-0.3, -0.25) is 0 Å². The number of rotatable bonds is 5. The van der Waals surface area contributed by atoms with Crippen LogP contribution in [0.25, 0.3) is 11.1 Å². The zero-order valence-corrected chi connectivity index (χ0v) is 49.1. The van der Waals surface area contributed by atoms with Crippen LogP contribution < -0.4 is 15.3 Å². The summed E-state index contributed by atoms with van der Waals surface area (Å²) in [5.41, 5.74) is 23.0. The van der Waals surface area contributed by atoms with Gasteiger partial charge in [-0.05, 0) is 169 Å². The third-order valence-electron chi connectivity index (χ3n) is 20.0. The van der Waals surface area contributed by atoms with Crippen molar-refractivity contribution in [3.05, 3.63) is 158 Å². The number of hydrogen-bond acceptors (Lipinski definition) is 3. The van der Waals surface area contributed by atoms with Gasteiger partial charge in [-0.1, -0.05) is 203 Å². The van der Waals surface area contributed by atoms with E-state index < -0.39 is 0 Å². The van der Waals surface area contributed by atoms with Crippen LogP contribution in [0.2, 0.25) is 5.31 Å². The summed E-state index contributed by atoms with van der Waals surface area (Å²) in [5, 5.41) is 0.879. The van der Waals surface area contributed by atoms with Gasteiger partial charge < -0.3 is 9.80 Å². The van der Waals surface area contributed by atoms with Gasteiger partial charge in [0.05, 0.1) is 5.03 Å². The Bertz CT molecular complexity index is 3110. The molecule has 3 fully saturated rings. The lowest BCUT2D eigenvalue weighted by Crippen LogP contribution is -2.54. The Balaban J connectivity index is 1.30. The standard InChI is InChI=1S/C69H87BN2S/c1-19-42-35-50-51(66(13,14)32-31-65(50,11)12)39-49(42)58-61(73)71(47-28-25-44(26-29-47)62(2,3)4)56-37-46(64(8,9)10)38-57-59(56)70(58)69-41-54-52(67(15,16)33-34-68(54,17)18)40-53(69)60(69)72(57)55-30-27-45(63(5,6)7)36-48(55)43-23-21-20-22-24-43/h20-30,36-41,50,53,60,73H,19,31-35H2,1-18H3. The van der Waals surface area contributed by atoms with Gasteiger partial charge in [0.1, 0.15) is 0 Å². The summed E-state index contributed by atoms with van der Waals surface area (Å²) in [6.07, 6.45) is 15.6. The van der Waals surface area contributed by atoms with Crippen LogP contribution in [0.5, 0.6) is 0 Å². The van der Waals surface area contributed by atoms with Crippen LogP contribution in [0.15, 0.2) is 142 Å². The van der Waals surface area contributed by atoms with E-state index in [9.17, 15) is 0 Å². The highest BCUT2D eigenvalue weighted by atomic mass is 32.1. The Morgan fingerprint density at radius 3 is 1.84 bits per heavy atom. The molecule has 0 saturated heterocycles. The van der Waals surface area contributed by atoms with Crippen molar-refractivity contribution < 1.29 is 0 Å². The minimum Gasteiger partial charge on any atom is -0.337 e. The third-order valence-corrected chi connectivity index (χ3v) is 20.5. The molecular formula is C69H87BN2S. The predicted molar refractivity (Wildman–Crippen MR) is 320 cm³/mol. The summed E-state index contributed by atoms with van der Waals surface area (Å²) in [4.78, 5) is 5.52. The summed E-state index contributed by atoms with van der Waals surface area (Å²) >= 11 is 6.09. The summed E-state index contributed by atoms with van der Waals surface area (Å²) in [7, 11) is 0. The molecular weight excluding hydrogens is 900 g/mol. The first kappa shape index (κ1) is 50.7. The first-order valence-corrected chi connectivity index (χ1v) is 28.8. The highest BCUT2D eigenvalue weighted by molar-refractivity contribution is 7.84. The lowest BCUT2D eigenvalue weighted by Gasteiger charge is -2.52. The summed E-state index contributed by atoms with van der Waals surface area (Å²) in [6, 6.07) is 33.8. The van der Waals surface area contributed by atoms with Gasteiger partial charge >= 0.3 is 0 Å². The molecule has 4 heteroatoms. The Labute approximate surface area is 448 Å². The molecule has 2 aliphatic heterocycles. The van der Waals surface area contributed by atoms with E-state index in [1.54, 1.807) is 22.3 Å². The van der Waals surface area contributed by atoms with Crippen LogP contribution in [-0.4, -0.2) is 12.8 Å². The minimum atomic E-state index is -0.223. The number of hydrogen-bond donors (Lipinski definition) is 1. The smallest absolute Gasteiger partial charge is 0.231 e. The zero-order chi connectivity index (χ0) is 52.5. The molecule has 0 aromatic heterocycles. The topological polar surface area (TPSA) is 6.48 Å². The van der Waals surface area contributed by atoms with Gasteiger partial charge in [0.25, 0.3) is 0 Å². The van der Waals surface area contributed by atoms with Crippen molar-refractivity contribution in [2.75, 3.05) is 9.80 Å². The van der Waals surface area contributed by atoms with Crippen LogP contribution >= 0.6 is 12.6 Å². The van der Waals surface area contributed by atoms with E-state index in [-0.39, 0.29) is 56.0 Å². The van der Waals surface area contributed by atoms with E-state index in [2.05, 4.69) is 238 Å². The molecule has 4 unspecified atom stereocenters. The molecule has 11 rings (SSSR count). The average molecular weight is 987 g/mol. The lowest BCUT2D eigenvalue weighted by atomic mass is 9.26. The molecule has 382 valence electrons. The van der Waals surface area contributed by atoms with E-state index >= 15 is 0 Å². The minimum absolute atomic E-state index is 0.0110.